The van der Waals surface area contributed by atoms with E-state index < -0.39 is 5.91 Å². The molecule has 102 valence electrons. The van der Waals surface area contributed by atoms with Crippen molar-refractivity contribution in [1.29, 1.82) is 0 Å². The second-order valence-corrected chi connectivity index (χ2v) is 5.59. The smallest absolute Gasteiger partial charge is 0.250 e. The Labute approximate surface area is 113 Å². The van der Waals surface area contributed by atoms with Gasteiger partial charge in [0.05, 0.1) is 17.4 Å². The Bertz CT molecular complexity index is 502. The number of nitrogens with zero attached hydrogens (tertiary/aromatic N) is 2. The zero-order valence-electron chi connectivity index (χ0n) is 11.0. The van der Waals surface area contributed by atoms with Crippen molar-refractivity contribution < 1.29 is 4.79 Å². The molecule has 2 atom stereocenters. The molecule has 5 heteroatoms. The minimum absolute atomic E-state index is 0.358. The monoisotopic (exact) mass is 260 g/mol. The molecule has 2 heterocycles. The van der Waals surface area contributed by atoms with E-state index in [1.165, 1.54) is 32.1 Å². The van der Waals surface area contributed by atoms with Crippen molar-refractivity contribution in [3.63, 3.8) is 0 Å². The third kappa shape index (κ3) is 2.13. The van der Waals surface area contributed by atoms with Gasteiger partial charge >= 0.3 is 0 Å². The largest absolute Gasteiger partial charge is 0.397 e. The Morgan fingerprint density at radius 1 is 1.32 bits per heavy atom. The lowest BCUT2D eigenvalue weighted by atomic mass is 9.92. The summed E-state index contributed by atoms with van der Waals surface area (Å²) in [6.45, 7) is 1.01. The molecule has 1 saturated carbocycles. The molecule has 1 amide bonds. The van der Waals surface area contributed by atoms with Gasteiger partial charge in [-0.05, 0) is 37.7 Å². The SMILES string of the molecule is NC(=O)c1cc(N2CCCC3CCCC32)ncc1N. The Kier molecular flexibility index (Phi) is 3.05. The first-order valence-corrected chi connectivity index (χ1v) is 6.99. The highest BCUT2D eigenvalue weighted by atomic mass is 16.1. The van der Waals surface area contributed by atoms with Crippen molar-refractivity contribution in [3.8, 4) is 0 Å². The van der Waals surface area contributed by atoms with E-state index in [-0.39, 0.29) is 0 Å². The normalized spacial score (nSPS) is 26.2. The van der Waals surface area contributed by atoms with Gasteiger partial charge in [-0.25, -0.2) is 4.98 Å². The van der Waals surface area contributed by atoms with E-state index in [0.717, 1.165) is 18.3 Å². The molecule has 3 rings (SSSR count). The molecule has 5 nitrogen and oxygen atoms in total. The number of fused-ring (bicyclic) bond motifs is 1. The summed E-state index contributed by atoms with van der Waals surface area (Å²) in [6, 6.07) is 2.32. The van der Waals surface area contributed by atoms with Crippen molar-refractivity contribution in [2.75, 3.05) is 17.2 Å². The van der Waals surface area contributed by atoms with Crippen LogP contribution < -0.4 is 16.4 Å². The molecular formula is C14H20N4O. The average Bonchev–Trinajstić information content (AvgIpc) is 2.87. The molecule has 1 saturated heterocycles. The summed E-state index contributed by atoms with van der Waals surface area (Å²) in [4.78, 5) is 18.1. The molecule has 1 aromatic rings. The van der Waals surface area contributed by atoms with Crippen molar-refractivity contribution in [2.45, 2.75) is 38.1 Å². The van der Waals surface area contributed by atoms with Crippen LogP contribution >= 0.6 is 0 Å². The molecule has 1 aliphatic heterocycles. The van der Waals surface area contributed by atoms with E-state index in [1.807, 2.05) is 0 Å². The van der Waals surface area contributed by atoms with Crippen molar-refractivity contribution >= 4 is 17.4 Å². The second-order valence-electron chi connectivity index (χ2n) is 5.59. The van der Waals surface area contributed by atoms with E-state index in [2.05, 4.69) is 9.88 Å². The number of carbonyl (C=O) groups excluding carboxylic acids is 1. The van der Waals surface area contributed by atoms with Crippen LogP contribution in [0.3, 0.4) is 0 Å². The average molecular weight is 260 g/mol. The number of hydrogen-bond acceptors (Lipinski definition) is 4. The number of anilines is 2. The molecule has 2 fully saturated rings. The van der Waals surface area contributed by atoms with Crippen LogP contribution in [-0.4, -0.2) is 23.5 Å². The number of nitrogen functional groups attached to an aromatic ring is 1. The lowest BCUT2D eigenvalue weighted by molar-refractivity contribution is 0.100. The number of amides is 1. The maximum Gasteiger partial charge on any atom is 0.250 e. The number of pyridine rings is 1. The Morgan fingerprint density at radius 3 is 2.89 bits per heavy atom. The van der Waals surface area contributed by atoms with Crippen molar-refractivity contribution in [2.24, 2.45) is 11.7 Å². The molecule has 2 unspecified atom stereocenters. The lowest BCUT2D eigenvalue weighted by Crippen LogP contribution is -2.43. The second kappa shape index (κ2) is 4.72. The number of nitrogens with two attached hydrogens (primary N) is 2. The third-order valence-electron chi connectivity index (χ3n) is 4.47. The van der Waals surface area contributed by atoms with Crippen LogP contribution in [0.1, 0.15) is 42.5 Å². The van der Waals surface area contributed by atoms with Gasteiger partial charge in [0, 0.05) is 12.6 Å². The fraction of sp³-hybridized carbons (Fsp3) is 0.571. The van der Waals surface area contributed by atoms with Gasteiger partial charge in [-0.15, -0.1) is 0 Å². The van der Waals surface area contributed by atoms with Crippen LogP contribution in [0.25, 0.3) is 0 Å². The van der Waals surface area contributed by atoms with Gasteiger partial charge in [0.1, 0.15) is 5.82 Å². The first kappa shape index (κ1) is 12.3. The van der Waals surface area contributed by atoms with Crippen molar-refractivity contribution in [3.05, 3.63) is 17.8 Å². The van der Waals surface area contributed by atoms with Gasteiger partial charge in [0.15, 0.2) is 0 Å². The first-order valence-electron chi connectivity index (χ1n) is 6.99. The van der Waals surface area contributed by atoms with Gasteiger partial charge in [0.2, 0.25) is 0 Å². The number of aromatic nitrogens is 1. The zero-order valence-corrected chi connectivity index (χ0v) is 11.0. The van der Waals surface area contributed by atoms with Gasteiger partial charge in [-0.3, -0.25) is 4.79 Å². The molecule has 0 spiro atoms. The number of piperidine rings is 1. The summed E-state index contributed by atoms with van der Waals surface area (Å²) in [6.07, 6.45) is 7.90. The molecule has 1 aliphatic carbocycles. The molecule has 0 radical (unpaired) electrons. The topological polar surface area (TPSA) is 85.2 Å². The quantitative estimate of drug-likeness (QED) is 0.844. The molecule has 19 heavy (non-hydrogen) atoms. The highest BCUT2D eigenvalue weighted by Gasteiger charge is 2.35. The minimum Gasteiger partial charge on any atom is -0.397 e. The van der Waals surface area contributed by atoms with Gasteiger partial charge in [-0.1, -0.05) is 6.42 Å². The fourth-order valence-electron chi connectivity index (χ4n) is 3.56. The van der Waals surface area contributed by atoms with Crippen LogP contribution in [0, 0.1) is 5.92 Å². The van der Waals surface area contributed by atoms with E-state index in [9.17, 15) is 4.79 Å². The van der Waals surface area contributed by atoms with Gasteiger partial charge < -0.3 is 16.4 Å². The first-order chi connectivity index (χ1) is 9.16. The van der Waals surface area contributed by atoms with Crippen LogP contribution in [-0.2, 0) is 0 Å². The van der Waals surface area contributed by atoms with Crippen LogP contribution in [0.5, 0.6) is 0 Å². The Balaban J connectivity index is 1.93. The van der Waals surface area contributed by atoms with E-state index in [0.29, 0.717) is 17.3 Å². The van der Waals surface area contributed by atoms with Crippen molar-refractivity contribution in [1.82, 2.24) is 4.98 Å². The predicted molar refractivity (Wildman–Crippen MR) is 74.9 cm³/mol. The minimum atomic E-state index is -0.485. The van der Waals surface area contributed by atoms with Gasteiger partial charge in [-0.2, -0.15) is 0 Å². The predicted octanol–water partition coefficient (Wildman–Crippen LogP) is 1.53. The van der Waals surface area contributed by atoms with E-state index in [4.69, 9.17) is 11.5 Å². The maximum absolute atomic E-state index is 11.4. The molecule has 0 bridgehead atoms. The molecule has 1 aromatic heterocycles. The van der Waals surface area contributed by atoms with E-state index in [1.54, 1.807) is 12.3 Å². The molecule has 4 N–H and O–H groups in total. The zero-order chi connectivity index (χ0) is 13.4. The summed E-state index contributed by atoms with van der Waals surface area (Å²) < 4.78 is 0. The standard InChI is InChI=1S/C14H20N4O/c15-11-8-17-13(7-10(11)14(16)19)18-6-2-4-9-3-1-5-12(9)18/h7-9,12H,1-6,15H2,(H2,16,19). The number of primary amides is 1. The van der Waals surface area contributed by atoms with Gasteiger partial charge in [0.25, 0.3) is 5.91 Å². The molecular weight excluding hydrogens is 240 g/mol. The summed E-state index contributed by atoms with van der Waals surface area (Å²) in [5, 5.41) is 0. The Morgan fingerprint density at radius 2 is 2.11 bits per heavy atom. The maximum atomic E-state index is 11.4. The summed E-state index contributed by atoms with van der Waals surface area (Å²) in [5.41, 5.74) is 11.8. The summed E-state index contributed by atoms with van der Waals surface area (Å²) in [5.74, 6) is 1.14. The molecule has 2 aliphatic rings. The van der Waals surface area contributed by atoms with Crippen LogP contribution in [0.2, 0.25) is 0 Å². The molecule has 0 aromatic carbocycles. The third-order valence-corrected chi connectivity index (χ3v) is 4.47. The lowest BCUT2D eigenvalue weighted by Gasteiger charge is -2.38. The highest BCUT2D eigenvalue weighted by molar-refractivity contribution is 5.98. The number of hydrogen-bond donors (Lipinski definition) is 2. The summed E-state index contributed by atoms with van der Waals surface area (Å²) in [7, 11) is 0. The fourth-order valence-corrected chi connectivity index (χ4v) is 3.56. The highest BCUT2D eigenvalue weighted by Crippen LogP contribution is 2.38. The Hall–Kier alpha value is -1.78. The van der Waals surface area contributed by atoms with E-state index >= 15 is 0 Å². The number of rotatable bonds is 2. The van der Waals surface area contributed by atoms with Crippen LogP contribution in [0.4, 0.5) is 11.5 Å². The number of carbonyl (C=O) groups is 1. The summed E-state index contributed by atoms with van der Waals surface area (Å²) >= 11 is 0. The van der Waals surface area contributed by atoms with Crippen LogP contribution in [0.15, 0.2) is 12.3 Å².